The van der Waals surface area contributed by atoms with E-state index < -0.39 is 10.2 Å². The van der Waals surface area contributed by atoms with Gasteiger partial charge in [0.1, 0.15) is 0 Å². The maximum Gasteiger partial charge on any atom is 0.0786 e. The van der Waals surface area contributed by atoms with Crippen LogP contribution < -0.4 is 18.6 Å². The number of nitrogens with zero attached hydrogens (tertiary/aromatic N) is 1. The lowest BCUT2D eigenvalue weighted by Gasteiger charge is -2.35. The highest BCUT2D eigenvalue weighted by atomic mass is 35.7. The standard InChI is InChI=1S/C12H28N.ClHO4/c1-5-9-10-11-12-13(6-2,7-3)8-4;2-1(3,4)5/h5-12H2,1-4H3;(H,2,3,4,5)/q+1;/p-1. The predicted molar refractivity (Wildman–Crippen MR) is 60.9 cm³/mol. The highest BCUT2D eigenvalue weighted by Gasteiger charge is 2.19. The van der Waals surface area contributed by atoms with Gasteiger partial charge in [0, 0.05) is 0 Å². The molecule has 0 amide bonds. The molecule has 0 radical (unpaired) electrons. The molecular weight excluding hydrogens is 258 g/mol. The van der Waals surface area contributed by atoms with E-state index in [0.717, 1.165) is 0 Å². The molecule has 0 aliphatic heterocycles. The van der Waals surface area contributed by atoms with E-state index >= 15 is 0 Å². The second-order valence-corrected chi connectivity index (χ2v) is 5.21. The molecule has 0 fully saturated rings. The Balaban J connectivity index is 0. The summed E-state index contributed by atoms with van der Waals surface area (Å²) in [6.45, 7) is 14.6. The maximum absolute atomic E-state index is 8.49. The zero-order valence-corrected chi connectivity index (χ0v) is 12.9. The Morgan fingerprint density at radius 1 is 0.722 bits per heavy atom. The minimum Gasteiger partial charge on any atom is -0.324 e. The SMILES string of the molecule is CCCCCC[N+](CC)(CC)CC.[O-][Cl+3]([O-])([O-])[O-]. The van der Waals surface area contributed by atoms with E-state index in [9.17, 15) is 0 Å². The molecule has 0 rings (SSSR count). The van der Waals surface area contributed by atoms with Gasteiger partial charge in [0.25, 0.3) is 0 Å². The Kier molecular flexibility index (Phi) is 12.4. The van der Waals surface area contributed by atoms with E-state index in [0.29, 0.717) is 0 Å². The summed E-state index contributed by atoms with van der Waals surface area (Å²) in [4.78, 5) is 0. The summed E-state index contributed by atoms with van der Waals surface area (Å²) in [5, 5.41) is 0. The maximum atomic E-state index is 8.49. The molecule has 0 saturated heterocycles. The summed E-state index contributed by atoms with van der Waals surface area (Å²) in [6.07, 6.45) is 5.61. The van der Waals surface area contributed by atoms with E-state index in [1.807, 2.05) is 0 Å². The van der Waals surface area contributed by atoms with Crippen LogP contribution in [0.4, 0.5) is 0 Å². The lowest BCUT2D eigenvalue weighted by molar-refractivity contribution is -2.00. The Labute approximate surface area is 113 Å². The van der Waals surface area contributed by atoms with Crippen molar-refractivity contribution in [2.24, 2.45) is 0 Å². The van der Waals surface area contributed by atoms with E-state index in [-0.39, 0.29) is 0 Å². The Morgan fingerprint density at radius 2 is 1.11 bits per heavy atom. The van der Waals surface area contributed by atoms with Crippen molar-refractivity contribution in [3.63, 3.8) is 0 Å². The van der Waals surface area contributed by atoms with Crippen LogP contribution >= 0.6 is 0 Å². The Bertz CT molecular complexity index is 167. The summed E-state index contributed by atoms with van der Waals surface area (Å²) in [6, 6.07) is 0. The van der Waals surface area contributed by atoms with Crippen LogP contribution in [0.15, 0.2) is 0 Å². The molecule has 0 aliphatic carbocycles. The number of quaternary nitrogens is 1. The van der Waals surface area contributed by atoms with Gasteiger partial charge in [0.2, 0.25) is 0 Å². The molecule has 0 atom stereocenters. The van der Waals surface area contributed by atoms with Crippen molar-refractivity contribution in [1.82, 2.24) is 0 Å². The van der Waals surface area contributed by atoms with Gasteiger partial charge in [-0.2, -0.15) is 0 Å². The molecule has 18 heavy (non-hydrogen) atoms. The number of halogens is 1. The Hall–Kier alpha value is 0.0900. The minimum absolute atomic E-state index is 1.30. The van der Waals surface area contributed by atoms with Crippen LogP contribution in [0.2, 0.25) is 0 Å². The number of unbranched alkanes of at least 4 members (excludes halogenated alkanes) is 3. The fourth-order valence-electron chi connectivity index (χ4n) is 2.02. The second kappa shape index (κ2) is 11.0. The molecule has 0 unspecified atom stereocenters. The second-order valence-electron chi connectivity index (χ2n) is 4.45. The first-order valence-electron chi connectivity index (χ1n) is 6.71. The number of rotatable bonds is 8. The number of hydrogen-bond donors (Lipinski definition) is 0. The molecule has 6 heteroatoms. The molecule has 5 nitrogen and oxygen atoms in total. The van der Waals surface area contributed by atoms with Gasteiger partial charge in [-0.3, -0.25) is 0 Å². The van der Waals surface area contributed by atoms with Crippen LogP contribution in [0.5, 0.6) is 0 Å². The molecule has 0 spiro atoms. The lowest BCUT2D eigenvalue weighted by Crippen LogP contribution is -2.68. The average molecular weight is 286 g/mol. The molecule has 0 N–H and O–H groups in total. The highest BCUT2D eigenvalue weighted by Crippen LogP contribution is 2.10. The first-order valence-corrected chi connectivity index (χ1v) is 7.94. The van der Waals surface area contributed by atoms with Crippen molar-refractivity contribution >= 4 is 0 Å². The zero-order valence-electron chi connectivity index (χ0n) is 12.1. The van der Waals surface area contributed by atoms with Crippen LogP contribution in [0.3, 0.4) is 0 Å². The molecule has 0 aliphatic rings. The van der Waals surface area contributed by atoms with Crippen LogP contribution in [-0.4, -0.2) is 30.7 Å². The van der Waals surface area contributed by atoms with Gasteiger partial charge < -0.3 is 4.48 Å². The van der Waals surface area contributed by atoms with Crippen molar-refractivity contribution in [1.29, 1.82) is 0 Å². The molecule has 0 heterocycles. The molecule has 0 aromatic rings. The predicted octanol–water partition coefficient (Wildman–Crippen LogP) is -1.31. The molecule has 0 saturated carbocycles. The van der Waals surface area contributed by atoms with Crippen molar-refractivity contribution in [2.45, 2.75) is 53.4 Å². The highest BCUT2D eigenvalue weighted by molar-refractivity contribution is 4.43. The van der Waals surface area contributed by atoms with Gasteiger partial charge >= 0.3 is 0 Å². The molecule has 112 valence electrons. The van der Waals surface area contributed by atoms with Gasteiger partial charge in [-0.1, -0.05) is 19.8 Å². The van der Waals surface area contributed by atoms with Crippen molar-refractivity contribution in [3.8, 4) is 0 Å². The molecule has 0 aromatic heterocycles. The van der Waals surface area contributed by atoms with Gasteiger partial charge in [-0.15, -0.1) is 10.2 Å². The van der Waals surface area contributed by atoms with Gasteiger partial charge in [-0.05, 0) is 33.6 Å². The normalized spacial score (nSPS) is 12.0. The van der Waals surface area contributed by atoms with Gasteiger partial charge in [-0.25, -0.2) is 18.6 Å². The summed E-state index contributed by atoms with van der Waals surface area (Å²) in [7, 11) is -4.94. The Morgan fingerprint density at radius 3 is 1.39 bits per heavy atom. The first kappa shape index (κ1) is 20.4. The largest absolute Gasteiger partial charge is 0.324 e. The third-order valence-electron chi connectivity index (χ3n) is 3.50. The monoisotopic (exact) mass is 285 g/mol. The fraction of sp³-hybridized carbons (Fsp3) is 1.00. The third kappa shape index (κ3) is 14.2. The van der Waals surface area contributed by atoms with Crippen LogP contribution in [0, 0.1) is 10.2 Å². The summed E-state index contributed by atoms with van der Waals surface area (Å²) in [5.74, 6) is 0. The zero-order chi connectivity index (χ0) is 14.7. The van der Waals surface area contributed by atoms with Crippen LogP contribution in [-0.2, 0) is 0 Å². The fourth-order valence-corrected chi connectivity index (χ4v) is 2.02. The topological polar surface area (TPSA) is 92.2 Å². The van der Waals surface area contributed by atoms with Gasteiger partial charge in [0.15, 0.2) is 0 Å². The van der Waals surface area contributed by atoms with E-state index in [1.165, 1.54) is 56.3 Å². The lowest BCUT2D eigenvalue weighted by atomic mass is 10.2. The smallest absolute Gasteiger partial charge is 0.0786 e. The van der Waals surface area contributed by atoms with E-state index in [1.54, 1.807) is 0 Å². The molecule has 0 aromatic carbocycles. The van der Waals surface area contributed by atoms with E-state index in [4.69, 9.17) is 18.6 Å². The van der Waals surface area contributed by atoms with Crippen molar-refractivity contribution in [3.05, 3.63) is 0 Å². The quantitative estimate of drug-likeness (QED) is 0.409. The number of hydrogen-bond acceptors (Lipinski definition) is 4. The van der Waals surface area contributed by atoms with Crippen molar-refractivity contribution < 1.29 is 33.4 Å². The summed E-state index contributed by atoms with van der Waals surface area (Å²) >= 11 is 0. The molecule has 0 bridgehead atoms. The first-order chi connectivity index (χ1) is 8.24. The summed E-state index contributed by atoms with van der Waals surface area (Å²) in [5.41, 5.74) is 0. The van der Waals surface area contributed by atoms with Crippen LogP contribution in [0.25, 0.3) is 0 Å². The third-order valence-corrected chi connectivity index (χ3v) is 3.50. The minimum atomic E-state index is -4.94. The van der Waals surface area contributed by atoms with Gasteiger partial charge in [0.05, 0.1) is 26.2 Å². The van der Waals surface area contributed by atoms with E-state index in [2.05, 4.69) is 27.7 Å². The average Bonchev–Trinajstić information content (AvgIpc) is 2.28. The summed E-state index contributed by atoms with van der Waals surface area (Å²) < 4.78 is 35.3. The molecular formula is C12H28ClNO4. The van der Waals surface area contributed by atoms with Crippen LogP contribution in [0.1, 0.15) is 53.4 Å². The van der Waals surface area contributed by atoms with Crippen molar-refractivity contribution in [2.75, 3.05) is 26.2 Å².